The molecule has 144 valence electrons. The fraction of sp³-hybridized carbons (Fsp3) is 0.571. The van der Waals surface area contributed by atoms with Gasteiger partial charge in [-0.3, -0.25) is 4.79 Å². The summed E-state index contributed by atoms with van der Waals surface area (Å²) in [5.41, 5.74) is 1.21. The minimum Gasteiger partial charge on any atom is -0.353 e. The Bertz CT molecular complexity index is 791. The number of rotatable bonds is 7. The minimum absolute atomic E-state index is 0.0992. The van der Waals surface area contributed by atoms with Crippen molar-refractivity contribution in [3.05, 3.63) is 41.7 Å². The van der Waals surface area contributed by atoms with Crippen molar-refractivity contribution in [2.24, 2.45) is 17.8 Å². The van der Waals surface area contributed by atoms with Crippen LogP contribution in [-0.4, -0.2) is 32.5 Å². The SMILES string of the molecule is Cc1nnc(SCC(=O)N[C@H](C)[C@H]2C[C@@H]3CC[C@@H]2C3)n1Cc1ccccc1. The molecule has 1 N–H and O–H groups in total. The maximum Gasteiger partial charge on any atom is 0.230 e. The summed E-state index contributed by atoms with van der Waals surface area (Å²) in [6.45, 7) is 4.86. The molecule has 2 aromatic rings. The molecule has 0 spiro atoms. The summed E-state index contributed by atoms with van der Waals surface area (Å²) in [6, 6.07) is 10.5. The van der Waals surface area contributed by atoms with Crippen molar-refractivity contribution in [1.82, 2.24) is 20.1 Å². The van der Waals surface area contributed by atoms with Crippen LogP contribution >= 0.6 is 11.8 Å². The zero-order valence-corrected chi connectivity index (χ0v) is 16.9. The molecule has 0 radical (unpaired) electrons. The maximum absolute atomic E-state index is 12.5. The van der Waals surface area contributed by atoms with Crippen LogP contribution in [0.5, 0.6) is 0 Å². The standard InChI is InChI=1S/C21H28N4OS/c1-14(19-11-17-8-9-18(19)10-17)22-20(26)13-27-21-24-23-15(2)25(21)12-16-6-4-3-5-7-16/h3-7,14,17-19H,8-13H2,1-2H3,(H,22,26)/t14-,17-,18-,19-/m1/s1. The van der Waals surface area contributed by atoms with Crippen molar-refractivity contribution in [2.45, 2.75) is 57.3 Å². The molecule has 2 aliphatic rings. The highest BCUT2D eigenvalue weighted by Gasteiger charge is 2.42. The first-order chi connectivity index (χ1) is 13.1. The molecule has 1 amide bonds. The number of carbonyl (C=O) groups excluding carboxylic acids is 1. The van der Waals surface area contributed by atoms with Crippen LogP contribution in [0.2, 0.25) is 0 Å². The average molecular weight is 385 g/mol. The minimum atomic E-state index is 0.0992. The topological polar surface area (TPSA) is 59.8 Å². The third-order valence-electron chi connectivity index (χ3n) is 6.24. The second-order valence-corrected chi connectivity index (χ2v) is 9.03. The average Bonchev–Trinajstić information content (AvgIpc) is 3.38. The number of thioether (sulfide) groups is 1. The Morgan fingerprint density at radius 1 is 1.26 bits per heavy atom. The molecular weight excluding hydrogens is 356 g/mol. The van der Waals surface area contributed by atoms with E-state index in [1.165, 1.54) is 43.0 Å². The molecule has 4 atom stereocenters. The van der Waals surface area contributed by atoms with Gasteiger partial charge in [-0.05, 0) is 56.4 Å². The number of aryl methyl sites for hydroxylation is 1. The monoisotopic (exact) mass is 384 g/mol. The second kappa shape index (κ2) is 8.05. The van der Waals surface area contributed by atoms with Gasteiger partial charge in [0.2, 0.25) is 5.91 Å². The third kappa shape index (κ3) is 4.21. The lowest BCUT2D eigenvalue weighted by molar-refractivity contribution is -0.119. The van der Waals surface area contributed by atoms with Crippen molar-refractivity contribution in [1.29, 1.82) is 0 Å². The molecule has 1 aromatic heterocycles. The van der Waals surface area contributed by atoms with Crippen LogP contribution in [0.15, 0.2) is 35.5 Å². The van der Waals surface area contributed by atoms with Gasteiger partial charge in [-0.2, -0.15) is 0 Å². The molecule has 0 aliphatic heterocycles. The Balaban J connectivity index is 1.31. The van der Waals surface area contributed by atoms with E-state index in [-0.39, 0.29) is 11.9 Å². The molecule has 2 aliphatic carbocycles. The molecule has 2 bridgehead atoms. The lowest BCUT2D eigenvalue weighted by Gasteiger charge is -2.28. The lowest BCUT2D eigenvalue weighted by Crippen LogP contribution is -2.40. The van der Waals surface area contributed by atoms with Crippen molar-refractivity contribution >= 4 is 17.7 Å². The summed E-state index contributed by atoms with van der Waals surface area (Å²) in [5, 5.41) is 12.5. The van der Waals surface area contributed by atoms with Crippen molar-refractivity contribution in [3.8, 4) is 0 Å². The van der Waals surface area contributed by atoms with E-state index in [9.17, 15) is 4.79 Å². The van der Waals surface area contributed by atoms with Gasteiger partial charge in [0, 0.05) is 6.04 Å². The molecule has 1 aromatic carbocycles. The number of nitrogens with one attached hydrogen (secondary N) is 1. The van der Waals surface area contributed by atoms with E-state index in [0.29, 0.717) is 11.7 Å². The van der Waals surface area contributed by atoms with Gasteiger partial charge in [0.1, 0.15) is 5.82 Å². The predicted octanol–water partition coefficient (Wildman–Crippen LogP) is 3.67. The third-order valence-corrected chi connectivity index (χ3v) is 7.21. The van der Waals surface area contributed by atoms with E-state index in [1.54, 1.807) is 0 Å². The smallest absolute Gasteiger partial charge is 0.230 e. The summed E-state index contributed by atoms with van der Waals surface area (Å²) in [5.74, 6) is 3.77. The van der Waals surface area contributed by atoms with Crippen molar-refractivity contribution in [2.75, 3.05) is 5.75 Å². The quantitative estimate of drug-likeness (QED) is 0.740. The number of benzene rings is 1. The molecule has 5 nitrogen and oxygen atoms in total. The van der Waals surface area contributed by atoms with Crippen LogP contribution in [0.4, 0.5) is 0 Å². The van der Waals surface area contributed by atoms with Crippen LogP contribution in [0.25, 0.3) is 0 Å². The van der Waals surface area contributed by atoms with Crippen LogP contribution < -0.4 is 5.32 Å². The molecule has 4 rings (SSSR count). The van der Waals surface area contributed by atoms with E-state index < -0.39 is 0 Å². The summed E-state index contributed by atoms with van der Waals surface area (Å²) in [6.07, 6.45) is 5.42. The molecule has 0 unspecified atom stereocenters. The van der Waals surface area contributed by atoms with Crippen molar-refractivity contribution < 1.29 is 4.79 Å². The van der Waals surface area contributed by atoms with Gasteiger partial charge in [-0.25, -0.2) is 0 Å². The summed E-state index contributed by atoms with van der Waals surface area (Å²) in [7, 11) is 0. The first kappa shape index (κ1) is 18.5. The van der Waals surface area contributed by atoms with E-state index >= 15 is 0 Å². The second-order valence-electron chi connectivity index (χ2n) is 8.09. The van der Waals surface area contributed by atoms with Gasteiger partial charge in [0.05, 0.1) is 12.3 Å². The van der Waals surface area contributed by atoms with Gasteiger partial charge >= 0.3 is 0 Å². The van der Waals surface area contributed by atoms with E-state index in [0.717, 1.165) is 29.4 Å². The first-order valence-electron chi connectivity index (χ1n) is 9.96. The lowest BCUT2D eigenvalue weighted by atomic mass is 9.84. The number of hydrogen-bond donors (Lipinski definition) is 1. The summed E-state index contributed by atoms with van der Waals surface area (Å²) in [4.78, 5) is 12.5. The zero-order chi connectivity index (χ0) is 18.8. The number of aromatic nitrogens is 3. The highest BCUT2D eigenvalue weighted by molar-refractivity contribution is 7.99. The highest BCUT2D eigenvalue weighted by atomic mass is 32.2. The Morgan fingerprint density at radius 3 is 2.78 bits per heavy atom. The van der Waals surface area contributed by atoms with E-state index in [4.69, 9.17) is 0 Å². The molecule has 1 heterocycles. The maximum atomic E-state index is 12.5. The van der Waals surface area contributed by atoms with Crippen LogP contribution in [0.3, 0.4) is 0 Å². The van der Waals surface area contributed by atoms with Gasteiger partial charge in [-0.15, -0.1) is 10.2 Å². The molecule has 27 heavy (non-hydrogen) atoms. The van der Waals surface area contributed by atoms with Crippen LogP contribution in [0.1, 0.15) is 44.0 Å². The van der Waals surface area contributed by atoms with Crippen molar-refractivity contribution in [3.63, 3.8) is 0 Å². The van der Waals surface area contributed by atoms with Gasteiger partial charge < -0.3 is 9.88 Å². The number of fused-ring (bicyclic) bond motifs is 2. The highest BCUT2D eigenvalue weighted by Crippen LogP contribution is 2.49. The summed E-state index contributed by atoms with van der Waals surface area (Å²) >= 11 is 1.47. The molecule has 0 saturated heterocycles. The van der Waals surface area contributed by atoms with Gasteiger partial charge in [0.25, 0.3) is 0 Å². The molecular formula is C21H28N4OS. The number of nitrogens with zero attached hydrogens (tertiary/aromatic N) is 3. The normalized spacial score (nSPS) is 24.9. The Labute approximate surface area is 165 Å². The van der Waals surface area contributed by atoms with Gasteiger partial charge in [-0.1, -0.05) is 48.5 Å². The molecule has 6 heteroatoms. The largest absolute Gasteiger partial charge is 0.353 e. The van der Waals surface area contributed by atoms with Crippen LogP contribution in [-0.2, 0) is 11.3 Å². The number of hydrogen-bond acceptors (Lipinski definition) is 4. The molecule has 2 fully saturated rings. The van der Waals surface area contributed by atoms with Gasteiger partial charge in [0.15, 0.2) is 5.16 Å². The zero-order valence-electron chi connectivity index (χ0n) is 16.1. The molecule has 2 saturated carbocycles. The Hall–Kier alpha value is -1.82. The Morgan fingerprint density at radius 2 is 2.07 bits per heavy atom. The predicted molar refractivity (Wildman–Crippen MR) is 108 cm³/mol. The van der Waals surface area contributed by atoms with E-state index in [1.807, 2.05) is 25.1 Å². The fourth-order valence-corrected chi connectivity index (χ4v) is 5.65. The number of amides is 1. The van der Waals surface area contributed by atoms with Crippen LogP contribution in [0, 0.1) is 24.7 Å². The summed E-state index contributed by atoms with van der Waals surface area (Å²) < 4.78 is 2.08. The fourth-order valence-electron chi connectivity index (χ4n) is 4.86. The Kier molecular flexibility index (Phi) is 5.53. The van der Waals surface area contributed by atoms with E-state index in [2.05, 4.69) is 39.1 Å². The first-order valence-corrected chi connectivity index (χ1v) is 10.9. The number of carbonyl (C=O) groups is 1.